The second-order valence-electron chi connectivity index (χ2n) is 6.87. The summed E-state index contributed by atoms with van der Waals surface area (Å²) in [7, 11) is 0. The molecule has 0 radical (unpaired) electrons. The first-order valence-corrected chi connectivity index (χ1v) is 10.1. The normalized spacial score (nSPS) is 14.3. The molecule has 1 saturated heterocycles. The highest BCUT2D eigenvalue weighted by Crippen LogP contribution is 2.34. The van der Waals surface area contributed by atoms with Gasteiger partial charge < -0.3 is 10.2 Å². The van der Waals surface area contributed by atoms with Crippen LogP contribution in [-0.2, 0) is 4.79 Å². The number of aryl methyl sites for hydroxylation is 2. The van der Waals surface area contributed by atoms with Gasteiger partial charge in [0.15, 0.2) is 5.82 Å². The van der Waals surface area contributed by atoms with Gasteiger partial charge in [-0.1, -0.05) is 0 Å². The third kappa shape index (κ3) is 3.64. The summed E-state index contributed by atoms with van der Waals surface area (Å²) in [5.41, 5.74) is 2.14. The Labute approximate surface area is 162 Å². The molecule has 1 aliphatic rings. The van der Waals surface area contributed by atoms with Crippen molar-refractivity contribution in [2.24, 2.45) is 0 Å². The number of thiophene rings is 1. The van der Waals surface area contributed by atoms with Gasteiger partial charge in [-0.3, -0.25) is 9.78 Å². The van der Waals surface area contributed by atoms with Crippen LogP contribution in [0.3, 0.4) is 0 Å². The predicted molar refractivity (Wildman–Crippen MR) is 109 cm³/mol. The van der Waals surface area contributed by atoms with Crippen molar-refractivity contribution in [2.45, 2.75) is 33.1 Å². The third-order valence-corrected chi connectivity index (χ3v) is 6.12. The van der Waals surface area contributed by atoms with E-state index in [4.69, 9.17) is 9.97 Å². The van der Waals surface area contributed by atoms with Gasteiger partial charge in [-0.2, -0.15) is 0 Å². The number of rotatable bonds is 6. The molecule has 6 nitrogen and oxygen atoms in total. The summed E-state index contributed by atoms with van der Waals surface area (Å²) in [5, 5.41) is 4.59. The molecule has 1 amide bonds. The number of pyridine rings is 1. The zero-order valence-electron chi connectivity index (χ0n) is 15.7. The minimum Gasteiger partial charge on any atom is -0.369 e. The standard InChI is InChI=1S/C20H23N5OS/c1-13-14(2)27-20-17(13)19(22-9-5-11-25-10-4-7-16(25)26)23-18(24-20)15-6-3-8-21-12-15/h3,6,8,12H,4-5,7,9-11H2,1-2H3,(H,22,23,24). The summed E-state index contributed by atoms with van der Waals surface area (Å²) in [6.07, 6.45) is 6.13. The van der Waals surface area contributed by atoms with Crippen LogP contribution >= 0.6 is 11.3 Å². The summed E-state index contributed by atoms with van der Waals surface area (Å²) < 4.78 is 0. The molecule has 4 heterocycles. The van der Waals surface area contributed by atoms with E-state index in [0.717, 1.165) is 54.1 Å². The number of anilines is 1. The van der Waals surface area contributed by atoms with E-state index in [1.165, 1.54) is 10.4 Å². The SMILES string of the molecule is Cc1sc2nc(-c3cccnc3)nc(NCCCN3CCCC3=O)c2c1C. The highest BCUT2D eigenvalue weighted by molar-refractivity contribution is 7.18. The van der Waals surface area contributed by atoms with E-state index in [2.05, 4.69) is 24.1 Å². The molecule has 0 saturated carbocycles. The molecule has 140 valence electrons. The van der Waals surface area contributed by atoms with E-state index < -0.39 is 0 Å². The molecule has 7 heteroatoms. The van der Waals surface area contributed by atoms with Crippen molar-refractivity contribution in [2.75, 3.05) is 25.0 Å². The molecule has 4 rings (SSSR count). The van der Waals surface area contributed by atoms with Crippen LogP contribution in [0.4, 0.5) is 5.82 Å². The maximum Gasteiger partial charge on any atom is 0.222 e. The fourth-order valence-corrected chi connectivity index (χ4v) is 4.45. The van der Waals surface area contributed by atoms with Gasteiger partial charge in [0.25, 0.3) is 0 Å². The van der Waals surface area contributed by atoms with Crippen molar-refractivity contribution in [3.05, 3.63) is 35.0 Å². The van der Waals surface area contributed by atoms with E-state index >= 15 is 0 Å². The molecule has 0 spiro atoms. The topological polar surface area (TPSA) is 71.0 Å². The van der Waals surface area contributed by atoms with Gasteiger partial charge in [-0.15, -0.1) is 11.3 Å². The van der Waals surface area contributed by atoms with Gasteiger partial charge in [0.2, 0.25) is 5.91 Å². The molecule has 3 aromatic heterocycles. The lowest BCUT2D eigenvalue weighted by Crippen LogP contribution is -2.27. The lowest BCUT2D eigenvalue weighted by molar-refractivity contribution is -0.127. The van der Waals surface area contributed by atoms with Gasteiger partial charge in [0.05, 0.1) is 5.39 Å². The average Bonchev–Trinajstić information content (AvgIpc) is 3.22. The molecule has 0 unspecified atom stereocenters. The number of fused-ring (bicyclic) bond motifs is 1. The van der Waals surface area contributed by atoms with Crippen LogP contribution in [0.5, 0.6) is 0 Å². The van der Waals surface area contributed by atoms with Crippen LogP contribution in [0.2, 0.25) is 0 Å². The molecule has 0 bridgehead atoms. The Morgan fingerprint density at radius 2 is 2.19 bits per heavy atom. The summed E-state index contributed by atoms with van der Waals surface area (Å²) >= 11 is 1.70. The van der Waals surface area contributed by atoms with E-state index in [-0.39, 0.29) is 5.91 Å². The minimum absolute atomic E-state index is 0.280. The average molecular weight is 382 g/mol. The second kappa shape index (κ2) is 7.60. The van der Waals surface area contributed by atoms with Crippen molar-refractivity contribution in [1.29, 1.82) is 0 Å². The van der Waals surface area contributed by atoms with Gasteiger partial charge >= 0.3 is 0 Å². The molecule has 1 aliphatic heterocycles. The van der Waals surface area contributed by atoms with Crippen LogP contribution in [0, 0.1) is 13.8 Å². The molecule has 3 aromatic rings. The maximum atomic E-state index is 11.7. The summed E-state index contributed by atoms with van der Waals surface area (Å²) in [6.45, 7) is 6.71. The highest BCUT2D eigenvalue weighted by atomic mass is 32.1. The maximum absolute atomic E-state index is 11.7. The number of aromatic nitrogens is 3. The van der Waals surface area contributed by atoms with E-state index in [1.54, 1.807) is 23.7 Å². The number of hydrogen-bond acceptors (Lipinski definition) is 6. The number of nitrogens with zero attached hydrogens (tertiary/aromatic N) is 4. The lowest BCUT2D eigenvalue weighted by Gasteiger charge is -2.16. The Bertz CT molecular complexity index is 969. The molecule has 0 aliphatic carbocycles. The Balaban J connectivity index is 1.57. The fourth-order valence-electron chi connectivity index (χ4n) is 3.42. The second-order valence-corrected chi connectivity index (χ2v) is 8.07. The smallest absolute Gasteiger partial charge is 0.222 e. The summed E-state index contributed by atoms with van der Waals surface area (Å²) in [4.78, 5) is 29.7. The first kappa shape index (κ1) is 17.9. The van der Waals surface area contributed by atoms with Crippen molar-refractivity contribution in [1.82, 2.24) is 19.9 Å². The van der Waals surface area contributed by atoms with Crippen molar-refractivity contribution in [3.63, 3.8) is 0 Å². The Hall–Kier alpha value is -2.54. The highest BCUT2D eigenvalue weighted by Gasteiger charge is 2.19. The number of hydrogen-bond donors (Lipinski definition) is 1. The Morgan fingerprint density at radius 3 is 2.93 bits per heavy atom. The van der Waals surface area contributed by atoms with Crippen LogP contribution in [-0.4, -0.2) is 45.4 Å². The van der Waals surface area contributed by atoms with Crippen molar-refractivity contribution < 1.29 is 4.79 Å². The number of carbonyl (C=O) groups excluding carboxylic acids is 1. The van der Waals surface area contributed by atoms with Crippen molar-refractivity contribution in [3.8, 4) is 11.4 Å². The third-order valence-electron chi connectivity index (χ3n) is 5.02. The van der Waals surface area contributed by atoms with Crippen LogP contribution in [0.25, 0.3) is 21.6 Å². The van der Waals surface area contributed by atoms with E-state index in [1.807, 2.05) is 17.0 Å². The van der Waals surface area contributed by atoms with Crippen molar-refractivity contribution >= 4 is 33.3 Å². The molecule has 0 aromatic carbocycles. The van der Waals surface area contributed by atoms with Gasteiger partial charge in [0.1, 0.15) is 10.6 Å². The van der Waals surface area contributed by atoms with Gasteiger partial charge in [0, 0.05) is 48.9 Å². The first-order valence-electron chi connectivity index (χ1n) is 9.33. The Kier molecular flexibility index (Phi) is 5.03. The largest absolute Gasteiger partial charge is 0.369 e. The molecule has 1 fully saturated rings. The molecule has 1 N–H and O–H groups in total. The predicted octanol–water partition coefficient (Wildman–Crippen LogP) is 3.79. The van der Waals surface area contributed by atoms with Crippen LogP contribution in [0.1, 0.15) is 29.7 Å². The first-order chi connectivity index (χ1) is 13.1. The monoisotopic (exact) mass is 381 g/mol. The number of carbonyl (C=O) groups is 1. The number of amides is 1. The fraction of sp³-hybridized carbons (Fsp3) is 0.400. The van der Waals surface area contributed by atoms with E-state index in [9.17, 15) is 4.79 Å². The quantitative estimate of drug-likeness (QED) is 0.658. The number of nitrogens with one attached hydrogen (secondary N) is 1. The van der Waals surface area contributed by atoms with Crippen LogP contribution < -0.4 is 5.32 Å². The van der Waals surface area contributed by atoms with Gasteiger partial charge in [-0.25, -0.2) is 9.97 Å². The summed E-state index contributed by atoms with van der Waals surface area (Å²) in [6, 6.07) is 3.87. The van der Waals surface area contributed by atoms with Crippen LogP contribution in [0.15, 0.2) is 24.5 Å². The molecular formula is C20H23N5OS. The summed E-state index contributed by atoms with van der Waals surface area (Å²) in [5.74, 6) is 1.84. The minimum atomic E-state index is 0.280. The molecular weight excluding hydrogens is 358 g/mol. The zero-order chi connectivity index (χ0) is 18.8. The molecule has 0 atom stereocenters. The Morgan fingerprint density at radius 1 is 1.30 bits per heavy atom. The van der Waals surface area contributed by atoms with Gasteiger partial charge in [-0.05, 0) is 44.4 Å². The number of likely N-dealkylation sites (tertiary alicyclic amines) is 1. The van der Waals surface area contributed by atoms with E-state index in [0.29, 0.717) is 12.2 Å². The zero-order valence-corrected chi connectivity index (χ0v) is 16.5. The molecule has 27 heavy (non-hydrogen) atoms. The lowest BCUT2D eigenvalue weighted by atomic mass is 10.2.